The summed E-state index contributed by atoms with van der Waals surface area (Å²) in [5.74, 6) is -0.617. The molecule has 0 unspecified atom stereocenters. The van der Waals surface area contributed by atoms with E-state index in [2.05, 4.69) is 4.74 Å². The van der Waals surface area contributed by atoms with Crippen molar-refractivity contribution in [1.29, 1.82) is 0 Å². The number of anilines is 1. The predicted octanol–water partition coefficient (Wildman–Crippen LogP) is 1.32. The number of hydrogen-bond acceptors (Lipinski definition) is 5. The van der Waals surface area contributed by atoms with Gasteiger partial charge in [0.25, 0.3) is 0 Å². The predicted molar refractivity (Wildman–Crippen MR) is 50.1 cm³/mol. The van der Waals surface area contributed by atoms with Gasteiger partial charge >= 0.3 is 5.97 Å². The van der Waals surface area contributed by atoms with Crippen molar-refractivity contribution in [1.82, 2.24) is 0 Å². The Bertz CT molecular complexity index is 356. The van der Waals surface area contributed by atoms with Gasteiger partial charge in [0.2, 0.25) is 0 Å². The first kappa shape index (κ1) is 9.73. The van der Waals surface area contributed by atoms with Gasteiger partial charge in [0.15, 0.2) is 5.78 Å². The van der Waals surface area contributed by atoms with Gasteiger partial charge in [0, 0.05) is 0 Å². The fourth-order valence-electron chi connectivity index (χ4n) is 0.881. The standard InChI is InChI=1S/C8H9NO3S/c1-4(10)5-3-6(8(11)12-2)13-7(5)9/h3H,9H2,1-2H3. The summed E-state index contributed by atoms with van der Waals surface area (Å²) in [6, 6.07) is 1.45. The maximum atomic E-state index is 11.0. The van der Waals surface area contributed by atoms with Crippen LogP contribution in [0, 0.1) is 0 Å². The Morgan fingerprint density at radius 3 is 2.54 bits per heavy atom. The van der Waals surface area contributed by atoms with E-state index >= 15 is 0 Å². The lowest BCUT2D eigenvalue weighted by molar-refractivity contribution is 0.0606. The molecule has 1 heterocycles. The first-order chi connectivity index (χ1) is 6.06. The van der Waals surface area contributed by atoms with Crippen molar-refractivity contribution in [3.8, 4) is 0 Å². The Labute approximate surface area is 79.3 Å². The van der Waals surface area contributed by atoms with Crippen LogP contribution in [0.4, 0.5) is 5.00 Å². The van der Waals surface area contributed by atoms with Crippen molar-refractivity contribution in [2.75, 3.05) is 12.8 Å². The van der Waals surface area contributed by atoms with Crippen molar-refractivity contribution >= 4 is 28.1 Å². The molecule has 0 aliphatic carbocycles. The minimum absolute atomic E-state index is 0.149. The van der Waals surface area contributed by atoms with E-state index in [1.54, 1.807) is 0 Å². The summed E-state index contributed by atoms with van der Waals surface area (Å²) in [4.78, 5) is 22.3. The molecule has 0 fully saturated rings. The number of methoxy groups -OCH3 is 1. The number of nitrogens with two attached hydrogens (primary N) is 1. The van der Waals surface area contributed by atoms with Gasteiger partial charge in [0.05, 0.1) is 17.7 Å². The molecule has 0 atom stereocenters. The molecule has 5 heteroatoms. The smallest absolute Gasteiger partial charge is 0.348 e. The Balaban J connectivity index is 3.09. The van der Waals surface area contributed by atoms with Crippen molar-refractivity contribution in [2.24, 2.45) is 0 Å². The van der Waals surface area contributed by atoms with Crippen LogP contribution in [-0.2, 0) is 4.74 Å². The van der Waals surface area contributed by atoms with Crippen LogP contribution in [0.25, 0.3) is 0 Å². The van der Waals surface area contributed by atoms with Gasteiger partial charge in [0.1, 0.15) is 4.88 Å². The van der Waals surface area contributed by atoms with E-state index < -0.39 is 5.97 Å². The summed E-state index contributed by atoms with van der Waals surface area (Å²) < 4.78 is 4.49. The Hall–Kier alpha value is -1.36. The van der Waals surface area contributed by atoms with Crippen LogP contribution < -0.4 is 5.73 Å². The minimum Gasteiger partial charge on any atom is -0.465 e. The maximum absolute atomic E-state index is 11.0. The second kappa shape index (κ2) is 3.57. The first-order valence-corrected chi connectivity index (χ1v) is 4.36. The van der Waals surface area contributed by atoms with Crippen LogP contribution in [-0.4, -0.2) is 18.9 Å². The fraction of sp³-hybridized carbons (Fsp3) is 0.250. The van der Waals surface area contributed by atoms with Crippen LogP contribution in [0.1, 0.15) is 27.0 Å². The van der Waals surface area contributed by atoms with Gasteiger partial charge in [-0.15, -0.1) is 11.3 Å². The van der Waals surface area contributed by atoms with E-state index in [4.69, 9.17) is 5.73 Å². The van der Waals surface area contributed by atoms with E-state index in [9.17, 15) is 9.59 Å². The molecule has 13 heavy (non-hydrogen) atoms. The lowest BCUT2D eigenvalue weighted by Gasteiger charge is -1.90. The van der Waals surface area contributed by atoms with Crippen LogP contribution in [0.2, 0.25) is 0 Å². The number of Topliss-reactive ketones (excluding diaryl/α,β-unsaturated/α-hetero) is 1. The number of esters is 1. The van der Waals surface area contributed by atoms with E-state index in [-0.39, 0.29) is 5.78 Å². The average Bonchev–Trinajstić information content (AvgIpc) is 2.46. The normalized spacial score (nSPS) is 9.69. The third-order valence-electron chi connectivity index (χ3n) is 1.53. The molecule has 0 radical (unpaired) electrons. The number of ether oxygens (including phenoxy) is 1. The van der Waals surface area contributed by atoms with Gasteiger partial charge in [-0.2, -0.15) is 0 Å². The Morgan fingerprint density at radius 1 is 1.54 bits per heavy atom. The van der Waals surface area contributed by atoms with Gasteiger partial charge < -0.3 is 10.5 Å². The summed E-state index contributed by atoms with van der Waals surface area (Å²) in [5.41, 5.74) is 5.90. The zero-order valence-corrected chi connectivity index (χ0v) is 8.10. The second-order valence-corrected chi connectivity index (χ2v) is 3.52. The highest BCUT2D eigenvalue weighted by molar-refractivity contribution is 7.18. The number of nitrogen functional groups attached to an aromatic ring is 1. The highest BCUT2D eigenvalue weighted by Crippen LogP contribution is 2.25. The molecule has 0 saturated heterocycles. The minimum atomic E-state index is -0.468. The van der Waals surface area contributed by atoms with Crippen molar-refractivity contribution in [3.05, 3.63) is 16.5 Å². The Morgan fingerprint density at radius 2 is 2.15 bits per heavy atom. The molecule has 0 amide bonds. The largest absolute Gasteiger partial charge is 0.465 e. The van der Waals surface area contributed by atoms with Crippen LogP contribution in [0.5, 0.6) is 0 Å². The molecule has 0 saturated carbocycles. The quantitative estimate of drug-likeness (QED) is 0.576. The Kier molecular flexibility index (Phi) is 2.67. The maximum Gasteiger partial charge on any atom is 0.348 e. The number of ketones is 1. The van der Waals surface area contributed by atoms with Gasteiger partial charge in [-0.3, -0.25) is 4.79 Å². The molecule has 0 spiro atoms. The number of carbonyl (C=O) groups is 2. The van der Waals surface area contributed by atoms with E-state index in [1.165, 1.54) is 20.1 Å². The zero-order valence-electron chi connectivity index (χ0n) is 7.29. The van der Waals surface area contributed by atoms with E-state index in [0.29, 0.717) is 15.4 Å². The zero-order chi connectivity index (χ0) is 10.0. The number of rotatable bonds is 2. The van der Waals surface area contributed by atoms with Crippen molar-refractivity contribution in [3.63, 3.8) is 0 Å². The third-order valence-corrected chi connectivity index (χ3v) is 2.47. The van der Waals surface area contributed by atoms with Crippen LogP contribution in [0.3, 0.4) is 0 Å². The molecular weight excluding hydrogens is 190 g/mol. The number of carbonyl (C=O) groups excluding carboxylic acids is 2. The molecule has 1 aromatic heterocycles. The molecular formula is C8H9NO3S. The molecule has 0 aromatic carbocycles. The third kappa shape index (κ3) is 1.86. The molecule has 1 rings (SSSR count). The number of hydrogen-bond donors (Lipinski definition) is 1. The number of thiophene rings is 1. The van der Waals surface area contributed by atoms with Gasteiger partial charge in [-0.1, -0.05) is 0 Å². The van der Waals surface area contributed by atoms with E-state index in [0.717, 1.165) is 11.3 Å². The van der Waals surface area contributed by atoms with Crippen LogP contribution in [0.15, 0.2) is 6.07 Å². The lowest BCUT2D eigenvalue weighted by Crippen LogP contribution is -1.97. The van der Waals surface area contributed by atoms with Crippen molar-refractivity contribution in [2.45, 2.75) is 6.92 Å². The summed E-state index contributed by atoms with van der Waals surface area (Å²) in [7, 11) is 1.28. The average molecular weight is 199 g/mol. The topological polar surface area (TPSA) is 69.4 Å². The second-order valence-electron chi connectivity index (χ2n) is 2.44. The van der Waals surface area contributed by atoms with Crippen molar-refractivity contribution < 1.29 is 14.3 Å². The van der Waals surface area contributed by atoms with E-state index in [1.807, 2.05) is 0 Å². The highest BCUT2D eigenvalue weighted by atomic mass is 32.1. The fourth-order valence-corrected chi connectivity index (χ4v) is 1.77. The van der Waals surface area contributed by atoms with Gasteiger partial charge in [-0.25, -0.2) is 4.79 Å². The molecule has 4 nitrogen and oxygen atoms in total. The summed E-state index contributed by atoms with van der Waals surface area (Å²) in [5, 5.41) is 0.355. The first-order valence-electron chi connectivity index (χ1n) is 3.54. The summed E-state index contributed by atoms with van der Waals surface area (Å²) >= 11 is 1.06. The SMILES string of the molecule is COC(=O)c1cc(C(C)=O)c(N)s1. The van der Waals surface area contributed by atoms with Gasteiger partial charge in [-0.05, 0) is 13.0 Å². The molecule has 70 valence electrons. The van der Waals surface area contributed by atoms with Crippen LogP contribution >= 0.6 is 11.3 Å². The summed E-state index contributed by atoms with van der Waals surface area (Å²) in [6.45, 7) is 1.40. The molecule has 1 aromatic rings. The monoisotopic (exact) mass is 199 g/mol. The lowest BCUT2D eigenvalue weighted by atomic mass is 10.2. The highest BCUT2D eigenvalue weighted by Gasteiger charge is 2.15. The molecule has 0 aliphatic heterocycles. The molecule has 0 aliphatic rings. The summed E-state index contributed by atoms with van der Waals surface area (Å²) in [6.07, 6.45) is 0. The molecule has 2 N–H and O–H groups in total. The molecule has 0 bridgehead atoms.